The fourth-order valence-electron chi connectivity index (χ4n) is 3.72. The lowest BCUT2D eigenvalue weighted by Gasteiger charge is -2.21. The molecule has 0 fully saturated rings. The standard InChI is InChI=1S/C24H22F3N5O/c1-14-9-11-18(12-10-14)21(17-7-5-4-6-8-17)29-20(33)13-19-15(2)28-23-30-22(24(25,26)27)31-32(23)16(19)3/h4-12,21H,13H2,1-3H3,(H,29,33). The van der Waals surface area contributed by atoms with Gasteiger partial charge >= 0.3 is 6.18 Å². The number of rotatable bonds is 5. The van der Waals surface area contributed by atoms with Gasteiger partial charge in [0.25, 0.3) is 11.6 Å². The van der Waals surface area contributed by atoms with Crippen LogP contribution >= 0.6 is 0 Å². The first-order valence-electron chi connectivity index (χ1n) is 10.3. The van der Waals surface area contributed by atoms with Crippen molar-refractivity contribution in [1.29, 1.82) is 0 Å². The normalized spacial score (nSPS) is 12.7. The van der Waals surface area contributed by atoms with Crippen molar-refractivity contribution in [1.82, 2.24) is 24.9 Å². The summed E-state index contributed by atoms with van der Waals surface area (Å²) in [6.07, 6.45) is -4.74. The molecule has 2 heterocycles. The van der Waals surface area contributed by atoms with Gasteiger partial charge in [-0.2, -0.15) is 18.2 Å². The summed E-state index contributed by atoms with van der Waals surface area (Å²) >= 11 is 0. The molecule has 4 aromatic rings. The van der Waals surface area contributed by atoms with Gasteiger partial charge in [0, 0.05) is 17.0 Å². The second-order valence-electron chi connectivity index (χ2n) is 7.90. The summed E-state index contributed by atoms with van der Waals surface area (Å²) in [5.74, 6) is -1.70. The maximum absolute atomic E-state index is 13.1. The minimum atomic E-state index is -4.68. The van der Waals surface area contributed by atoms with E-state index < -0.39 is 12.0 Å². The Bertz CT molecular complexity index is 1300. The number of nitrogens with one attached hydrogen (secondary N) is 1. The Balaban J connectivity index is 1.64. The lowest BCUT2D eigenvalue weighted by Crippen LogP contribution is -2.31. The fraction of sp³-hybridized carbons (Fsp3) is 0.250. The minimum absolute atomic E-state index is 0.0585. The van der Waals surface area contributed by atoms with Crippen LogP contribution in [0.25, 0.3) is 5.78 Å². The number of aromatic nitrogens is 4. The molecule has 1 amide bonds. The average molecular weight is 453 g/mol. The van der Waals surface area contributed by atoms with Crippen molar-refractivity contribution in [2.45, 2.75) is 39.4 Å². The highest BCUT2D eigenvalue weighted by Gasteiger charge is 2.37. The number of halogens is 3. The smallest absolute Gasteiger partial charge is 0.345 e. The molecule has 9 heteroatoms. The Morgan fingerprint density at radius 2 is 1.61 bits per heavy atom. The summed E-state index contributed by atoms with van der Waals surface area (Å²) < 4.78 is 40.1. The third kappa shape index (κ3) is 4.72. The van der Waals surface area contributed by atoms with Gasteiger partial charge in [0.05, 0.1) is 12.5 Å². The van der Waals surface area contributed by atoms with Crippen LogP contribution in [0.4, 0.5) is 13.2 Å². The second kappa shape index (κ2) is 8.65. The quantitative estimate of drug-likeness (QED) is 0.482. The van der Waals surface area contributed by atoms with Gasteiger partial charge in [-0.05, 0) is 31.9 Å². The van der Waals surface area contributed by atoms with Crippen LogP contribution in [-0.4, -0.2) is 25.5 Å². The number of aryl methyl sites for hydroxylation is 3. The van der Waals surface area contributed by atoms with Crippen molar-refractivity contribution in [3.05, 3.63) is 94.1 Å². The molecule has 0 aliphatic heterocycles. The first-order chi connectivity index (χ1) is 15.6. The molecule has 6 nitrogen and oxygen atoms in total. The number of hydrogen-bond donors (Lipinski definition) is 1. The number of hydrogen-bond acceptors (Lipinski definition) is 4. The molecule has 170 valence electrons. The molecule has 0 spiro atoms. The van der Waals surface area contributed by atoms with Crippen LogP contribution in [0, 0.1) is 20.8 Å². The Labute approximate surface area is 188 Å². The molecule has 0 saturated heterocycles. The predicted octanol–water partition coefficient (Wildman–Crippen LogP) is 4.52. The Hall–Kier alpha value is -3.75. The van der Waals surface area contributed by atoms with Crippen molar-refractivity contribution in [3.63, 3.8) is 0 Å². The molecule has 33 heavy (non-hydrogen) atoms. The SMILES string of the molecule is Cc1ccc(C(NC(=O)Cc2c(C)nc3nc(C(F)(F)F)nn3c2C)c2ccccc2)cc1. The van der Waals surface area contributed by atoms with Gasteiger partial charge in [-0.1, -0.05) is 60.2 Å². The predicted molar refractivity (Wildman–Crippen MR) is 117 cm³/mol. The molecule has 2 aromatic heterocycles. The molecule has 1 N–H and O–H groups in total. The molecule has 4 rings (SSSR count). The van der Waals surface area contributed by atoms with Gasteiger partial charge in [-0.15, -0.1) is 5.10 Å². The average Bonchev–Trinajstić information content (AvgIpc) is 3.21. The number of amides is 1. The Kier molecular flexibility index (Phi) is 5.88. The summed E-state index contributed by atoms with van der Waals surface area (Å²) in [5, 5.41) is 6.60. The van der Waals surface area contributed by atoms with E-state index in [2.05, 4.69) is 20.4 Å². The minimum Gasteiger partial charge on any atom is -0.345 e. The zero-order valence-electron chi connectivity index (χ0n) is 18.3. The molecular weight excluding hydrogens is 431 g/mol. The van der Waals surface area contributed by atoms with E-state index in [0.717, 1.165) is 21.2 Å². The number of alkyl halides is 3. The van der Waals surface area contributed by atoms with E-state index in [1.807, 2.05) is 61.5 Å². The monoisotopic (exact) mass is 453 g/mol. The Morgan fingerprint density at radius 1 is 0.970 bits per heavy atom. The largest absolute Gasteiger partial charge is 0.453 e. The maximum atomic E-state index is 13.1. The van der Waals surface area contributed by atoms with E-state index in [-0.39, 0.29) is 24.1 Å². The lowest BCUT2D eigenvalue weighted by molar-refractivity contribution is -0.144. The van der Waals surface area contributed by atoms with Crippen molar-refractivity contribution in [2.24, 2.45) is 0 Å². The number of benzene rings is 2. The number of carbonyl (C=O) groups excluding carboxylic acids is 1. The van der Waals surface area contributed by atoms with Crippen molar-refractivity contribution in [2.75, 3.05) is 0 Å². The summed E-state index contributed by atoms with van der Waals surface area (Å²) in [4.78, 5) is 20.7. The van der Waals surface area contributed by atoms with Crippen LogP contribution in [0.15, 0.2) is 54.6 Å². The van der Waals surface area contributed by atoms with E-state index in [4.69, 9.17) is 0 Å². The topological polar surface area (TPSA) is 72.2 Å². The summed E-state index contributed by atoms with van der Waals surface area (Å²) in [6.45, 7) is 5.24. The second-order valence-corrected chi connectivity index (χ2v) is 7.90. The van der Waals surface area contributed by atoms with Gasteiger partial charge in [-0.25, -0.2) is 9.50 Å². The van der Waals surface area contributed by atoms with Crippen molar-refractivity contribution >= 4 is 11.7 Å². The molecule has 0 bridgehead atoms. The van der Waals surface area contributed by atoms with Crippen molar-refractivity contribution in [3.8, 4) is 0 Å². The highest BCUT2D eigenvalue weighted by molar-refractivity contribution is 5.80. The lowest BCUT2D eigenvalue weighted by atomic mass is 9.97. The number of carbonyl (C=O) groups is 1. The van der Waals surface area contributed by atoms with E-state index in [9.17, 15) is 18.0 Å². The van der Waals surface area contributed by atoms with E-state index in [1.165, 1.54) is 0 Å². The van der Waals surface area contributed by atoms with Crippen LogP contribution in [0.5, 0.6) is 0 Å². The van der Waals surface area contributed by atoms with Gasteiger partial charge < -0.3 is 5.32 Å². The zero-order valence-corrected chi connectivity index (χ0v) is 18.3. The fourth-order valence-corrected chi connectivity index (χ4v) is 3.72. The van der Waals surface area contributed by atoms with Crippen LogP contribution in [0.3, 0.4) is 0 Å². The van der Waals surface area contributed by atoms with E-state index in [1.54, 1.807) is 13.8 Å². The third-order valence-corrected chi connectivity index (χ3v) is 5.49. The maximum Gasteiger partial charge on any atom is 0.453 e. The third-order valence-electron chi connectivity index (χ3n) is 5.49. The molecular formula is C24H22F3N5O. The van der Waals surface area contributed by atoms with E-state index >= 15 is 0 Å². The molecule has 0 radical (unpaired) electrons. The summed E-state index contributed by atoms with van der Waals surface area (Å²) in [6, 6.07) is 17.1. The summed E-state index contributed by atoms with van der Waals surface area (Å²) in [5.41, 5.74) is 4.28. The van der Waals surface area contributed by atoms with Crippen LogP contribution < -0.4 is 5.32 Å². The summed E-state index contributed by atoms with van der Waals surface area (Å²) in [7, 11) is 0. The Morgan fingerprint density at radius 3 is 2.24 bits per heavy atom. The molecule has 1 atom stereocenters. The van der Waals surface area contributed by atoms with Crippen LogP contribution in [0.1, 0.15) is 45.5 Å². The van der Waals surface area contributed by atoms with Gasteiger partial charge in [-0.3, -0.25) is 4.79 Å². The molecule has 0 aliphatic carbocycles. The first kappa shape index (κ1) is 22.4. The van der Waals surface area contributed by atoms with Crippen molar-refractivity contribution < 1.29 is 18.0 Å². The van der Waals surface area contributed by atoms with Crippen LogP contribution in [-0.2, 0) is 17.4 Å². The number of fused-ring (bicyclic) bond motifs is 1. The van der Waals surface area contributed by atoms with Gasteiger partial charge in [0.15, 0.2) is 0 Å². The molecule has 2 aromatic carbocycles. The van der Waals surface area contributed by atoms with Gasteiger partial charge in [0.1, 0.15) is 0 Å². The molecule has 1 unspecified atom stereocenters. The zero-order chi connectivity index (χ0) is 23.8. The number of nitrogens with zero attached hydrogens (tertiary/aromatic N) is 4. The van der Waals surface area contributed by atoms with Crippen LogP contribution in [0.2, 0.25) is 0 Å². The molecule has 0 aliphatic rings. The first-order valence-corrected chi connectivity index (χ1v) is 10.3. The highest BCUT2D eigenvalue weighted by atomic mass is 19.4. The van der Waals surface area contributed by atoms with E-state index in [0.29, 0.717) is 17.0 Å². The van der Waals surface area contributed by atoms with Gasteiger partial charge in [0.2, 0.25) is 5.91 Å². The highest BCUT2D eigenvalue weighted by Crippen LogP contribution is 2.27. The molecule has 0 saturated carbocycles.